The van der Waals surface area contributed by atoms with Crippen molar-refractivity contribution in [3.8, 4) is 0 Å². The summed E-state index contributed by atoms with van der Waals surface area (Å²) in [5.41, 5.74) is 4.99. The third-order valence-corrected chi connectivity index (χ3v) is 6.65. The summed E-state index contributed by atoms with van der Waals surface area (Å²) in [6.07, 6.45) is 2.95. The van der Waals surface area contributed by atoms with Crippen molar-refractivity contribution in [2.45, 2.75) is 44.6 Å². The molecule has 6 heteroatoms. The lowest BCUT2D eigenvalue weighted by Crippen LogP contribution is -2.32. The fraction of sp³-hybridized carbons (Fsp3) is 0.429. The lowest BCUT2D eigenvalue weighted by Gasteiger charge is -2.28. The molecular weight excluding hydrogens is 380 g/mol. The van der Waals surface area contributed by atoms with Crippen molar-refractivity contribution < 1.29 is 8.42 Å². The molecule has 0 aliphatic carbocycles. The Morgan fingerprint density at radius 1 is 1.00 bits per heavy atom. The summed E-state index contributed by atoms with van der Waals surface area (Å²) in [7, 11) is -3.41. The molecule has 3 rings (SSSR count). The molecule has 0 aromatic heterocycles. The van der Waals surface area contributed by atoms with Crippen molar-refractivity contribution in [2.75, 3.05) is 19.6 Å². The van der Waals surface area contributed by atoms with Gasteiger partial charge in [0.2, 0.25) is 10.0 Å². The molecular formula is C21H29ClN2O2S. The van der Waals surface area contributed by atoms with Crippen LogP contribution >= 0.6 is 12.4 Å². The van der Waals surface area contributed by atoms with Crippen LogP contribution in [0.15, 0.2) is 47.4 Å². The Balaban J connectivity index is 0.00000261. The first-order valence-electron chi connectivity index (χ1n) is 9.32. The van der Waals surface area contributed by atoms with Crippen molar-refractivity contribution in [1.82, 2.24) is 9.62 Å². The van der Waals surface area contributed by atoms with E-state index < -0.39 is 10.0 Å². The highest BCUT2D eigenvalue weighted by Crippen LogP contribution is 2.19. The standard InChI is InChI=1S/C21H28N2O2S.ClH/c1-17-9-10-21(15-18(17)2)26(24,25)22-12-5-6-13-23-14-11-19-7-3-4-8-20(19)16-23;/h3-4,7-10,15,22H,5-6,11-14,16H2,1-2H3;1H. The maximum atomic E-state index is 12.4. The fourth-order valence-electron chi connectivity index (χ4n) is 3.38. The minimum atomic E-state index is -3.41. The number of aryl methyl sites for hydroxylation is 2. The van der Waals surface area contributed by atoms with Gasteiger partial charge in [-0.1, -0.05) is 30.3 Å². The molecule has 0 radical (unpaired) electrons. The highest BCUT2D eigenvalue weighted by molar-refractivity contribution is 7.89. The van der Waals surface area contributed by atoms with E-state index in [0.29, 0.717) is 11.4 Å². The van der Waals surface area contributed by atoms with Gasteiger partial charge < -0.3 is 0 Å². The average Bonchev–Trinajstić information content (AvgIpc) is 2.63. The molecule has 148 valence electrons. The minimum Gasteiger partial charge on any atom is -0.299 e. The number of nitrogens with zero attached hydrogens (tertiary/aromatic N) is 1. The first-order valence-corrected chi connectivity index (χ1v) is 10.8. The molecule has 4 nitrogen and oxygen atoms in total. The smallest absolute Gasteiger partial charge is 0.240 e. The van der Waals surface area contributed by atoms with Crippen molar-refractivity contribution in [1.29, 1.82) is 0 Å². The Morgan fingerprint density at radius 2 is 1.74 bits per heavy atom. The van der Waals surface area contributed by atoms with E-state index in [2.05, 4.69) is 33.9 Å². The van der Waals surface area contributed by atoms with Crippen molar-refractivity contribution in [3.05, 3.63) is 64.7 Å². The minimum absolute atomic E-state index is 0. The van der Waals surface area contributed by atoms with Crippen LogP contribution < -0.4 is 4.72 Å². The van der Waals surface area contributed by atoms with Gasteiger partial charge in [-0.05, 0) is 74.0 Å². The number of halogens is 1. The molecule has 1 aliphatic rings. The van der Waals surface area contributed by atoms with E-state index in [1.807, 2.05) is 19.9 Å². The molecule has 1 aliphatic heterocycles. The molecule has 0 saturated carbocycles. The van der Waals surface area contributed by atoms with Crippen LogP contribution in [0.5, 0.6) is 0 Å². The number of hydrogen-bond acceptors (Lipinski definition) is 3. The van der Waals surface area contributed by atoms with Gasteiger partial charge in [-0.25, -0.2) is 13.1 Å². The van der Waals surface area contributed by atoms with Gasteiger partial charge in [0.05, 0.1) is 4.90 Å². The third kappa shape index (κ3) is 5.79. The van der Waals surface area contributed by atoms with E-state index in [1.54, 1.807) is 12.1 Å². The van der Waals surface area contributed by atoms with Gasteiger partial charge in [0.1, 0.15) is 0 Å². The summed E-state index contributed by atoms with van der Waals surface area (Å²) in [5.74, 6) is 0. The van der Waals surface area contributed by atoms with Gasteiger partial charge in [-0.2, -0.15) is 0 Å². The Morgan fingerprint density at radius 3 is 2.48 bits per heavy atom. The third-order valence-electron chi connectivity index (χ3n) is 5.19. The quantitative estimate of drug-likeness (QED) is 0.708. The monoisotopic (exact) mass is 408 g/mol. The Kier molecular flexibility index (Phi) is 7.86. The van der Waals surface area contributed by atoms with Crippen LogP contribution in [-0.4, -0.2) is 33.0 Å². The maximum absolute atomic E-state index is 12.4. The summed E-state index contributed by atoms with van der Waals surface area (Å²) >= 11 is 0. The Labute approximate surface area is 169 Å². The average molecular weight is 409 g/mol. The van der Waals surface area contributed by atoms with Crippen LogP contribution in [0.3, 0.4) is 0 Å². The topological polar surface area (TPSA) is 49.4 Å². The first-order chi connectivity index (χ1) is 12.5. The number of unbranched alkanes of at least 4 members (excludes halogenated alkanes) is 1. The Hall–Kier alpha value is -1.40. The van der Waals surface area contributed by atoms with E-state index in [1.165, 1.54) is 11.1 Å². The fourth-order valence-corrected chi connectivity index (χ4v) is 4.54. The molecule has 0 amide bonds. The lowest BCUT2D eigenvalue weighted by molar-refractivity contribution is 0.249. The summed E-state index contributed by atoms with van der Waals surface area (Å²) in [6.45, 7) is 7.51. The molecule has 0 saturated heterocycles. The highest BCUT2D eigenvalue weighted by Gasteiger charge is 2.16. The highest BCUT2D eigenvalue weighted by atomic mass is 35.5. The number of sulfonamides is 1. The lowest BCUT2D eigenvalue weighted by atomic mass is 10.00. The van der Waals surface area contributed by atoms with Gasteiger partial charge in [-0.15, -0.1) is 12.4 Å². The van der Waals surface area contributed by atoms with Crippen molar-refractivity contribution >= 4 is 22.4 Å². The largest absolute Gasteiger partial charge is 0.299 e. The van der Waals surface area contributed by atoms with E-state index in [9.17, 15) is 8.42 Å². The molecule has 0 spiro atoms. The summed E-state index contributed by atoms with van der Waals surface area (Å²) in [4.78, 5) is 2.81. The van der Waals surface area contributed by atoms with E-state index in [0.717, 1.165) is 50.0 Å². The van der Waals surface area contributed by atoms with Gasteiger partial charge >= 0.3 is 0 Å². The molecule has 1 N–H and O–H groups in total. The van der Waals surface area contributed by atoms with Crippen LogP contribution in [0, 0.1) is 13.8 Å². The van der Waals surface area contributed by atoms with Crippen LogP contribution in [0.25, 0.3) is 0 Å². The number of hydrogen-bond donors (Lipinski definition) is 1. The number of rotatable bonds is 7. The van der Waals surface area contributed by atoms with Crippen LogP contribution in [0.4, 0.5) is 0 Å². The first kappa shape index (κ1) is 21.9. The van der Waals surface area contributed by atoms with Gasteiger partial charge in [0, 0.05) is 19.6 Å². The number of fused-ring (bicyclic) bond motifs is 1. The molecule has 1 heterocycles. The number of benzene rings is 2. The molecule has 0 fully saturated rings. The second-order valence-corrected chi connectivity index (χ2v) is 8.91. The van der Waals surface area contributed by atoms with Crippen LogP contribution in [0.2, 0.25) is 0 Å². The predicted octanol–water partition coefficient (Wildman–Crippen LogP) is 3.84. The molecule has 2 aromatic carbocycles. The maximum Gasteiger partial charge on any atom is 0.240 e. The molecule has 0 bridgehead atoms. The zero-order chi connectivity index (χ0) is 18.6. The van der Waals surface area contributed by atoms with E-state index in [4.69, 9.17) is 0 Å². The molecule has 0 atom stereocenters. The van der Waals surface area contributed by atoms with E-state index >= 15 is 0 Å². The van der Waals surface area contributed by atoms with Crippen LogP contribution in [-0.2, 0) is 23.0 Å². The SMILES string of the molecule is Cc1ccc(S(=O)(=O)NCCCCN2CCc3ccccc3C2)cc1C.Cl. The Bertz CT molecular complexity index is 868. The van der Waals surface area contributed by atoms with E-state index in [-0.39, 0.29) is 12.4 Å². The van der Waals surface area contributed by atoms with Gasteiger partial charge in [-0.3, -0.25) is 4.90 Å². The second-order valence-electron chi connectivity index (χ2n) is 7.15. The molecule has 27 heavy (non-hydrogen) atoms. The normalized spacial score (nSPS) is 14.4. The van der Waals surface area contributed by atoms with Crippen molar-refractivity contribution in [2.24, 2.45) is 0 Å². The van der Waals surface area contributed by atoms with Gasteiger partial charge in [0.15, 0.2) is 0 Å². The zero-order valence-electron chi connectivity index (χ0n) is 16.1. The number of nitrogens with one attached hydrogen (secondary N) is 1. The van der Waals surface area contributed by atoms with Gasteiger partial charge in [0.25, 0.3) is 0 Å². The summed E-state index contributed by atoms with van der Waals surface area (Å²) < 4.78 is 27.5. The molecule has 2 aromatic rings. The predicted molar refractivity (Wildman–Crippen MR) is 113 cm³/mol. The summed E-state index contributed by atoms with van der Waals surface area (Å²) in [6, 6.07) is 13.9. The molecule has 0 unspecified atom stereocenters. The second kappa shape index (κ2) is 9.69. The zero-order valence-corrected chi connectivity index (χ0v) is 17.7. The van der Waals surface area contributed by atoms with Crippen molar-refractivity contribution in [3.63, 3.8) is 0 Å². The van der Waals surface area contributed by atoms with Crippen LogP contribution in [0.1, 0.15) is 35.1 Å². The summed E-state index contributed by atoms with van der Waals surface area (Å²) in [5, 5.41) is 0.